The van der Waals surface area contributed by atoms with Gasteiger partial charge in [-0.2, -0.15) is 0 Å². The lowest BCUT2D eigenvalue weighted by Crippen LogP contribution is -2.07. The van der Waals surface area contributed by atoms with Crippen molar-refractivity contribution in [3.8, 4) is 0 Å². The van der Waals surface area contributed by atoms with E-state index in [1.54, 1.807) is 0 Å². The van der Waals surface area contributed by atoms with Crippen LogP contribution in [0.2, 0.25) is 0 Å². The molecule has 0 saturated heterocycles. The molecule has 1 rings (SSSR count). The fourth-order valence-electron chi connectivity index (χ4n) is 0.850. The molecule has 1 aromatic rings. The third-order valence-corrected chi connectivity index (χ3v) is 1.39. The van der Waals surface area contributed by atoms with E-state index in [9.17, 15) is 0 Å². The highest BCUT2D eigenvalue weighted by Crippen LogP contribution is 2.04. The van der Waals surface area contributed by atoms with Crippen LogP contribution >= 0.6 is 0 Å². The summed E-state index contributed by atoms with van der Waals surface area (Å²) in [5.74, 6) is 0.446. The van der Waals surface area contributed by atoms with Crippen molar-refractivity contribution in [3.05, 3.63) is 43.1 Å². The van der Waals surface area contributed by atoms with Gasteiger partial charge < -0.3 is 5.32 Å². The quantitative estimate of drug-likeness (QED) is 0.581. The highest BCUT2D eigenvalue weighted by atomic mass is 15.1. The molecule has 0 saturated carbocycles. The normalized spacial score (nSPS) is 9.60. The molecule has 0 amide bonds. The van der Waals surface area contributed by atoms with Crippen molar-refractivity contribution >= 4 is 18.4 Å². The Bertz CT molecular complexity index is 315. The van der Waals surface area contributed by atoms with Crippen LogP contribution in [0.15, 0.2) is 53.1 Å². The predicted molar refractivity (Wildman–Crippen MR) is 68.6 cm³/mol. The van der Waals surface area contributed by atoms with Gasteiger partial charge in [-0.15, -0.1) is 0 Å². The molecule has 0 heterocycles. The van der Waals surface area contributed by atoms with Gasteiger partial charge >= 0.3 is 0 Å². The monoisotopic (exact) mass is 203 g/mol. The first kappa shape index (κ1) is 13.1. The van der Waals surface area contributed by atoms with Gasteiger partial charge in [-0.1, -0.05) is 38.6 Å². The average molecular weight is 203 g/mol. The van der Waals surface area contributed by atoms with Gasteiger partial charge in [-0.05, 0) is 18.9 Å². The lowest BCUT2D eigenvalue weighted by Gasteiger charge is -2.02. The topological polar surface area (TPSA) is 36.8 Å². The molecule has 0 bridgehead atoms. The van der Waals surface area contributed by atoms with Crippen LogP contribution in [-0.4, -0.2) is 12.7 Å². The number of nitrogens with one attached hydrogen (secondary N) is 1. The summed E-state index contributed by atoms with van der Waals surface area (Å²) in [5, 5.41) is 2.98. The Morgan fingerprint density at radius 3 is 2.33 bits per heavy atom. The second kappa shape index (κ2) is 8.69. The van der Waals surface area contributed by atoms with E-state index in [1.807, 2.05) is 44.2 Å². The van der Waals surface area contributed by atoms with Crippen LogP contribution in [0.1, 0.15) is 13.8 Å². The Balaban J connectivity index is 0.000000921. The van der Waals surface area contributed by atoms with Crippen molar-refractivity contribution < 1.29 is 0 Å². The fraction of sp³-hybridized carbons (Fsp3) is 0.167. The smallest absolute Gasteiger partial charge is 0.226 e. The summed E-state index contributed by atoms with van der Waals surface area (Å²) in [6, 6.07) is 9.64. The molecule has 0 aromatic heterocycles. The molecule has 0 fully saturated rings. The van der Waals surface area contributed by atoms with Gasteiger partial charge in [0.05, 0.1) is 0 Å². The third-order valence-electron chi connectivity index (χ3n) is 1.39. The van der Waals surface area contributed by atoms with E-state index >= 15 is 0 Å². The molecule has 3 heteroatoms. The SMILES string of the molecule is C=CN=C(N=C)Nc1ccccc1.CC. The Kier molecular flexibility index (Phi) is 7.59. The fourth-order valence-corrected chi connectivity index (χ4v) is 0.850. The van der Waals surface area contributed by atoms with Gasteiger partial charge in [0.25, 0.3) is 0 Å². The summed E-state index contributed by atoms with van der Waals surface area (Å²) in [4.78, 5) is 7.57. The minimum Gasteiger partial charge on any atom is -0.324 e. The van der Waals surface area contributed by atoms with Crippen molar-refractivity contribution in [2.24, 2.45) is 9.98 Å². The number of benzene rings is 1. The van der Waals surface area contributed by atoms with E-state index in [1.165, 1.54) is 6.20 Å². The molecular weight excluding hydrogens is 186 g/mol. The van der Waals surface area contributed by atoms with Gasteiger partial charge in [0.15, 0.2) is 0 Å². The maximum absolute atomic E-state index is 3.88. The molecule has 0 spiro atoms. The number of hydrogen-bond acceptors (Lipinski definition) is 1. The van der Waals surface area contributed by atoms with E-state index in [0.717, 1.165) is 5.69 Å². The number of guanidine groups is 1. The number of rotatable bonds is 2. The van der Waals surface area contributed by atoms with Gasteiger partial charge in [0.1, 0.15) is 0 Å². The minimum atomic E-state index is 0.446. The first-order valence-corrected chi connectivity index (χ1v) is 4.84. The Hall–Kier alpha value is -1.90. The molecule has 0 aliphatic heterocycles. The lowest BCUT2D eigenvalue weighted by atomic mass is 10.3. The van der Waals surface area contributed by atoms with Gasteiger partial charge in [0, 0.05) is 11.9 Å². The molecule has 80 valence electrons. The zero-order valence-electron chi connectivity index (χ0n) is 9.27. The summed E-state index contributed by atoms with van der Waals surface area (Å²) in [6.45, 7) is 10.9. The second-order valence-corrected chi connectivity index (χ2v) is 2.28. The first-order valence-electron chi connectivity index (χ1n) is 4.84. The van der Waals surface area contributed by atoms with Crippen LogP contribution in [0.5, 0.6) is 0 Å². The molecule has 0 aliphatic rings. The van der Waals surface area contributed by atoms with E-state index < -0.39 is 0 Å². The Labute approximate surface area is 91.3 Å². The maximum Gasteiger partial charge on any atom is 0.226 e. The van der Waals surface area contributed by atoms with Crippen LogP contribution < -0.4 is 5.32 Å². The number of hydrogen-bond donors (Lipinski definition) is 1. The third kappa shape index (κ3) is 5.41. The van der Waals surface area contributed by atoms with Crippen molar-refractivity contribution in [1.82, 2.24) is 0 Å². The molecule has 0 atom stereocenters. The number of anilines is 1. The van der Waals surface area contributed by atoms with Gasteiger partial charge in [-0.25, -0.2) is 9.98 Å². The van der Waals surface area contributed by atoms with E-state index in [0.29, 0.717) is 5.96 Å². The number of aliphatic imine (C=N–C) groups is 2. The van der Waals surface area contributed by atoms with E-state index in [4.69, 9.17) is 0 Å². The summed E-state index contributed by atoms with van der Waals surface area (Å²) in [5.41, 5.74) is 0.926. The van der Waals surface area contributed by atoms with Crippen LogP contribution in [0.25, 0.3) is 0 Å². The van der Waals surface area contributed by atoms with Crippen LogP contribution in [0, 0.1) is 0 Å². The van der Waals surface area contributed by atoms with Crippen LogP contribution in [0.4, 0.5) is 5.69 Å². The Morgan fingerprint density at radius 2 is 1.87 bits per heavy atom. The molecule has 0 radical (unpaired) electrons. The van der Waals surface area contributed by atoms with Crippen LogP contribution in [0.3, 0.4) is 0 Å². The summed E-state index contributed by atoms with van der Waals surface area (Å²) in [6.07, 6.45) is 1.42. The van der Waals surface area contributed by atoms with Crippen molar-refractivity contribution in [1.29, 1.82) is 0 Å². The predicted octanol–water partition coefficient (Wildman–Crippen LogP) is 3.32. The number of nitrogens with zero attached hydrogens (tertiary/aromatic N) is 2. The summed E-state index contributed by atoms with van der Waals surface area (Å²) < 4.78 is 0. The van der Waals surface area contributed by atoms with Crippen molar-refractivity contribution in [3.63, 3.8) is 0 Å². The second-order valence-electron chi connectivity index (χ2n) is 2.28. The highest BCUT2D eigenvalue weighted by molar-refractivity contribution is 5.96. The van der Waals surface area contributed by atoms with Gasteiger partial charge in [0.2, 0.25) is 5.96 Å². The summed E-state index contributed by atoms with van der Waals surface area (Å²) in [7, 11) is 0. The van der Waals surface area contributed by atoms with Crippen molar-refractivity contribution in [2.45, 2.75) is 13.8 Å². The molecule has 3 nitrogen and oxygen atoms in total. The Morgan fingerprint density at radius 1 is 1.27 bits per heavy atom. The van der Waals surface area contributed by atoms with Crippen LogP contribution in [-0.2, 0) is 0 Å². The molecule has 1 aromatic carbocycles. The molecular formula is C12H17N3. The zero-order valence-corrected chi connectivity index (χ0v) is 9.27. The molecule has 0 unspecified atom stereocenters. The molecule has 15 heavy (non-hydrogen) atoms. The average Bonchev–Trinajstić information content (AvgIpc) is 2.32. The van der Waals surface area contributed by atoms with Gasteiger partial charge in [-0.3, -0.25) is 0 Å². The van der Waals surface area contributed by atoms with E-state index in [2.05, 4.69) is 28.6 Å². The largest absolute Gasteiger partial charge is 0.324 e. The maximum atomic E-state index is 3.88. The highest BCUT2D eigenvalue weighted by Gasteiger charge is 1.93. The lowest BCUT2D eigenvalue weighted by molar-refractivity contribution is 1.47. The molecule has 1 N–H and O–H groups in total. The zero-order chi connectivity index (χ0) is 11.5. The molecule has 0 aliphatic carbocycles. The standard InChI is InChI=1S/C10H11N3.C2H6/c1-3-12-10(11-2)13-9-7-5-4-6-8-9;1-2/h3-8H,1-2H2,(H,12,13);1-2H3. The van der Waals surface area contributed by atoms with Crippen molar-refractivity contribution in [2.75, 3.05) is 5.32 Å². The number of para-hydroxylation sites is 1. The minimum absolute atomic E-state index is 0.446. The van der Waals surface area contributed by atoms with E-state index in [-0.39, 0.29) is 0 Å². The first-order chi connectivity index (χ1) is 7.36. The summed E-state index contributed by atoms with van der Waals surface area (Å²) >= 11 is 0.